The molecule has 4 atom stereocenters. The lowest BCUT2D eigenvalue weighted by Crippen LogP contribution is -2.63. The number of carboxylic acids is 1. The van der Waals surface area contributed by atoms with Crippen LogP contribution in [0.15, 0.2) is 29.2 Å². The van der Waals surface area contributed by atoms with Crippen LogP contribution < -0.4 is 0 Å². The van der Waals surface area contributed by atoms with E-state index in [9.17, 15) is 23.1 Å². The second kappa shape index (κ2) is 8.59. The summed E-state index contributed by atoms with van der Waals surface area (Å²) in [5, 5.41) is 8.83. The third-order valence-electron chi connectivity index (χ3n) is 6.90. The number of aliphatic carboxylic acids is 1. The number of benzene rings is 1. The number of likely N-dealkylation sites (tertiary alicyclic amines) is 2. The van der Waals surface area contributed by atoms with Gasteiger partial charge >= 0.3 is 5.97 Å². The van der Waals surface area contributed by atoms with Crippen molar-refractivity contribution in [3.05, 3.63) is 29.3 Å². The van der Waals surface area contributed by atoms with E-state index in [1.807, 2.05) is 13.8 Å². The summed E-state index contributed by atoms with van der Waals surface area (Å²) in [6.45, 7) is 5.30. The molecular weight excluding hydrogens is 456 g/mol. The first-order valence-corrected chi connectivity index (χ1v) is 12.8. The second-order valence-electron chi connectivity index (χ2n) is 9.47. The van der Waals surface area contributed by atoms with E-state index in [-0.39, 0.29) is 40.4 Å². The summed E-state index contributed by atoms with van der Waals surface area (Å²) in [5.74, 6) is -1.49. The molecule has 3 saturated heterocycles. The van der Waals surface area contributed by atoms with Crippen molar-refractivity contribution in [2.24, 2.45) is 0 Å². The number of carbonyl (C=O) groups is 2. The normalized spacial score (nSPS) is 30.7. The van der Waals surface area contributed by atoms with Crippen LogP contribution in [0.2, 0.25) is 5.02 Å². The Balaban J connectivity index is 1.53. The van der Waals surface area contributed by atoms with E-state index in [4.69, 9.17) is 16.3 Å². The third-order valence-corrected chi connectivity index (χ3v) is 9.53. The molecule has 0 aromatic heterocycles. The van der Waals surface area contributed by atoms with Crippen LogP contribution in [0, 0.1) is 0 Å². The highest BCUT2D eigenvalue weighted by Gasteiger charge is 2.50. The van der Waals surface area contributed by atoms with Gasteiger partial charge in [0.1, 0.15) is 6.04 Å². The SMILES string of the molecule is CC1(C)CC(N2CCC2C(=O)N2C[C@H](S(=O)(=O)c3ccccc3Cl)C[C@H]2C(=O)O)CCO1. The highest BCUT2D eigenvalue weighted by molar-refractivity contribution is 7.92. The topological polar surface area (TPSA) is 104 Å². The van der Waals surface area contributed by atoms with Gasteiger partial charge in [0.25, 0.3) is 0 Å². The Morgan fingerprint density at radius 2 is 1.91 bits per heavy atom. The molecular formula is C22H29ClN2O6S. The largest absolute Gasteiger partial charge is 0.480 e. The monoisotopic (exact) mass is 484 g/mol. The number of nitrogens with zero attached hydrogens (tertiary/aromatic N) is 2. The van der Waals surface area contributed by atoms with E-state index in [0.717, 1.165) is 19.4 Å². The molecule has 176 valence electrons. The zero-order valence-electron chi connectivity index (χ0n) is 18.2. The average Bonchev–Trinajstić information content (AvgIpc) is 3.13. The van der Waals surface area contributed by atoms with Crippen molar-refractivity contribution in [3.63, 3.8) is 0 Å². The Bertz CT molecular complexity index is 1010. The molecule has 1 aromatic rings. The van der Waals surface area contributed by atoms with E-state index in [0.29, 0.717) is 13.0 Å². The highest BCUT2D eigenvalue weighted by atomic mass is 35.5. The van der Waals surface area contributed by atoms with Gasteiger partial charge in [-0.3, -0.25) is 9.69 Å². The minimum atomic E-state index is -3.89. The van der Waals surface area contributed by atoms with Gasteiger partial charge in [-0.05, 0) is 51.7 Å². The number of sulfone groups is 1. The number of rotatable bonds is 5. The molecule has 0 aliphatic carbocycles. The van der Waals surface area contributed by atoms with Crippen molar-refractivity contribution in [1.29, 1.82) is 0 Å². The van der Waals surface area contributed by atoms with Crippen molar-refractivity contribution < 1.29 is 27.9 Å². The highest BCUT2D eigenvalue weighted by Crippen LogP contribution is 2.36. The molecule has 0 radical (unpaired) electrons. The summed E-state index contributed by atoms with van der Waals surface area (Å²) in [6.07, 6.45) is 2.11. The van der Waals surface area contributed by atoms with Crippen molar-refractivity contribution in [3.8, 4) is 0 Å². The van der Waals surface area contributed by atoms with E-state index >= 15 is 0 Å². The van der Waals surface area contributed by atoms with E-state index in [1.54, 1.807) is 12.1 Å². The number of ether oxygens (including phenoxy) is 1. The molecule has 8 nitrogen and oxygen atoms in total. The van der Waals surface area contributed by atoms with Crippen LogP contribution >= 0.6 is 11.6 Å². The van der Waals surface area contributed by atoms with Crippen LogP contribution in [0.5, 0.6) is 0 Å². The van der Waals surface area contributed by atoms with E-state index in [1.165, 1.54) is 17.0 Å². The van der Waals surface area contributed by atoms with E-state index in [2.05, 4.69) is 4.90 Å². The standard InChI is InChI=1S/C22H29ClN2O6S/c1-22(2)12-14(8-10-31-22)24-9-7-17(24)20(26)25-13-15(11-18(25)21(27)28)32(29,30)19-6-4-3-5-16(19)23/h3-6,14-15,17-18H,7-13H2,1-2H3,(H,27,28)/t14?,15-,17?,18+/m1/s1. The van der Waals surface area contributed by atoms with Crippen LogP contribution in [0.4, 0.5) is 0 Å². The molecule has 10 heteroatoms. The summed E-state index contributed by atoms with van der Waals surface area (Å²) in [5.41, 5.74) is -0.266. The number of halogens is 1. The Hall–Kier alpha value is -1.68. The smallest absolute Gasteiger partial charge is 0.326 e. The van der Waals surface area contributed by atoms with Gasteiger partial charge in [0.15, 0.2) is 9.84 Å². The Morgan fingerprint density at radius 3 is 2.50 bits per heavy atom. The Labute approximate surface area is 193 Å². The Kier molecular flexibility index (Phi) is 6.30. The van der Waals surface area contributed by atoms with Crippen LogP contribution in [0.1, 0.15) is 39.5 Å². The van der Waals surface area contributed by atoms with Crippen LogP contribution in [0.25, 0.3) is 0 Å². The van der Waals surface area contributed by atoms with Gasteiger partial charge in [-0.15, -0.1) is 0 Å². The first kappa shape index (κ1) is 23.5. The maximum absolute atomic E-state index is 13.4. The van der Waals surface area contributed by atoms with Crippen LogP contribution in [-0.4, -0.2) is 83.9 Å². The molecule has 2 unspecified atom stereocenters. The fourth-order valence-electron chi connectivity index (χ4n) is 5.14. The van der Waals surface area contributed by atoms with E-state index < -0.39 is 33.1 Å². The Morgan fingerprint density at radius 1 is 1.19 bits per heavy atom. The predicted octanol–water partition coefficient (Wildman–Crippen LogP) is 2.20. The van der Waals surface area contributed by atoms with Crippen molar-refractivity contribution in [1.82, 2.24) is 9.80 Å². The lowest BCUT2D eigenvalue weighted by molar-refractivity contribution is -0.157. The molecule has 1 amide bonds. The summed E-state index contributed by atoms with van der Waals surface area (Å²) >= 11 is 6.10. The maximum Gasteiger partial charge on any atom is 0.326 e. The quantitative estimate of drug-likeness (QED) is 0.683. The fraction of sp³-hybridized carbons (Fsp3) is 0.636. The molecule has 0 spiro atoms. The number of carboxylic acid groups (broad SMARTS) is 1. The fourth-order valence-corrected chi connectivity index (χ4v) is 7.36. The van der Waals surface area contributed by atoms with Crippen molar-refractivity contribution in [2.75, 3.05) is 19.7 Å². The predicted molar refractivity (Wildman–Crippen MR) is 118 cm³/mol. The molecule has 1 aromatic carbocycles. The number of hydrogen-bond acceptors (Lipinski definition) is 6. The lowest BCUT2D eigenvalue weighted by Gasteiger charge is -2.50. The third kappa shape index (κ3) is 4.27. The molecule has 3 fully saturated rings. The zero-order valence-corrected chi connectivity index (χ0v) is 19.8. The summed E-state index contributed by atoms with van der Waals surface area (Å²) in [4.78, 5) is 28.7. The average molecular weight is 485 g/mol. The minimum absolute atomic E-state index is 0.0280. The summed E-state index contributed by atoms with van der Waals surface area (Å²) < 4.78 is 32.2. The first-order chi connectivity index (χ1) is 15.0. The number of amides is 1. The molecule has 3 aliphatic heterocycles. The molecule has 0 bridgehead atoms. The van der Waals surface area contributed by atoms with Crippen LogP contribution in [-0.2, 0) is 24.2 Å². The first-order valence-electron chi connectivity index (χ1n) is 10.9. The second-order valence-corrected chi connectivity index (χ2v) is 12.1. The molecule has 32 heavy (non-hydrogen) atoms. The van der Waals surface area contributed by atoms with Gasteiger partial charge in [0.05, 0.1) is 26.8 Å². The molecule has 4 rings (SSSR count). The van der Waals surface area contributed by atoms with Gasteiger partial charge in [0, 0.05) is 25.7 Å². The lowest BCUT2D eigenvalue weighted by atomic mass is 9.88. The number of carbonyl (C=O) groups excluding carboxylic acids is 1. The van der Waals surface area contributed by atoms with Crippen LogP contribution in [0.3, 0.4) is 0 Å². The molecule has 3 aliphatic rings. The van der Waals surface area contributed by atoms with Gasteiger partial charge in [-0.25, -0.2) is 13.2 Å². The molecule has 0 saturated carbocycles. The minimum Gasteiger partial charge on any atom is -0.480 e. The van der Waals surface area contributed by atoms with Gasteiger partial charge in [-0.1, -0.05) is 23.7 Å². The molecule has 3 heterocycles. The zero-order chi connectivity index (χ0) is 23.3. The molecule has 1 N–H and O–H groups in total. The van der Waals surface area contributed by atoms with Gasteiger partial charge < -0.3 is 14.7 Å². The number of hydrogen-bond donors (Lipinski definition) is 1. The van der Waals surface area contributed by atoms with Gasteiger partial charge in [-0.2, -0.15) is 0 Å². The summed E-state index contributed by atoms with van der Waals surface area (Å²) in [6, 6.07) is 4.72. The maximum atomic E-state index is 13.4. The van der Waals surface area contributed by atoms with Gasteiger partial charge in [0.2, 0.25) is 5.91 Å². The van der Waals surface area contributed by atoms with Crippen molar-refractivity contribution in [2.45, 2.75) is 73.4 Å². The van der Waals surface area contributed by atoms with Crippen molar-refractivity contribution >= 4 is 33.3 Å². The summed E-state index contributed by atoms with van der Waals surface area (Å²) in [7, 11) is -3.89.